The van der Waals surface area contributed by atoms with Gasteiger partial charge in [-0.2, -0.15) is 0 Å². The van der Waals surface area contributed by atoms with E-state index >= 15 is 0 Å². The van der Waals surface area contributed by atoms with E-state index in [0.29, 0.717) is 36.9 Å². The van der Waals surface area contributed by atoms with Crippen LogP contribution >= 0.6 is 0 Å². The van der Waals surface area contributed by atoms with Gasteiger partial charge in [-0.05, 0) is 44.4 Å². The maximum atomic E-state index is 12.0. The summed E-state index contributed by atoms with van der Waals surface area (Å²) in [4.78, 5) is 12.0. The predicted octanol–water partition coefficient (Wildman–Crippen LogP) is 1.66. The third-order valence-electron chi connectivity index (χ3n) is 4.91. The van der Waals surface area contributed by atoms with Gasteiger partial charge in [0.05, 0.1) is 36.9 Å². The molecule has 4 nitrogen and oxygen atoms in total. The van der Waals surface area contributed by atoms with E-state index in [2.05, 4.69) is 0 Å². The molecule has 2 unspecified atom stereocenters. The zero-order chi connectivity index (χ0) is 12.1. The molecule has 0 spiro atoms. The molecule has 4 aliphatic rings. The van der Waals surface area contributed by atoms with Gasteiger partial charge in [0, 0.05) is 0 Å². The largest absolute Gasteiger partial charge is 0.465 e. The van der Waals surface area contributed by atoms with Crippen molar-refractivity contribution in [2.24, 2.45) is 11.8 Å². The summed E-state index contributed by atoms with van der Waals surface area (Å²) in [6.07, 6.45) is 8.03. The molecule has 0 aromatic rings. The third kappa shape index (κ3) is 2.16. The molecular formula is C14H20O4. The molecule has 0 bridgehead atoms. The monoisotopic (exact) mass is 252 g/mol. The minimum atomic E-state index is 0.00258. The van der Waals surface area contributed by atoms with Crippen LogP contribution in [0.4, 0.5) is 0 Å². The van der Waals surface area contributed by atoms with Crippen molar-refractivity contribution in [1.29, 1.82) is 0 Å². The van der Waals surface area contributed by atoms with Crippen molar-refractivity contribution in [2.45, 2.75) is 62.9 Å². The number of epoxide rings is 2. The molecule has 0 radical (unpaired) electrons. The highest BCUT2D eigenvalue weighted by atomic mass is 16.6. The highest BCUT2D eigenvalue weighted by molar-refractivity contribution is 5.72. The van der Waals surface area contributed by atoms with Gasteiger partial charge in [0.2, 0.25) is 0 Å². The first kappa shape index (κ1) is 11.2. The highest BCUT2D eigenvalue weighted by Gasteiger charge is 2.47. The minimum absolute atomic E-state index is 0.00258. The topological polar surface area (TPSA) is 51.4 Å². The molecule has 2 aliphatic carbocycles. The van der Waals surface area contributed by atoms with Crippen molar-refractivity contribution in [2.75, 3.05) is 6.61 Å². The Kier molecular flexibility index (Phi) is 2.62. The van der Waals surface area contributed by atoms with Gasteiger partial charge in [-0.25, -0.2) is 0 Å². The molecule has 2 saturated carbocycles. The van der Waals surface area contributed by atoms with E-state index in [9.17, 15) is 4.79 Å². The van der Waals surface area contributed by atoms with Gasteiger partial charge >= 0.3 is 5.97 Å². The molecule has 2 aliphatic heterocycles. The van der Waals surface area contributed by atoms with Crippen LogP contribution in [-0.2, 0) is 19.0 Å². The molecule has 4 heteroatoms. The number of rotatable bonds is 3. The van der Waals surface area contributed by atoms with Crippen LogP contribution in [0, 0.1) is 11.8 Å². The van der Waals surface area contributed by atoms with E-state index in [-0.39, 0.29) is 11.9 Å². The van der Waals surface area contributed by atoms with Crippen molar-refractivity contribution in [3.8, 4) is 0 Å². The lowest BCUT2D eigenvalue weighted by atomic mass is 9.89. The fraction of sp³-hybridized carbons (Fsp3) is 0.929. The smallest absolute Gasteiger partial charge is 0.309 e. The molecule has 6 atom stereocenters. The molecule has 0 amide bonds. The lowest BCUT2D eigenvalue weighted by molar-refractivity contribution is -0.151. The van der Waals surface area contributed by atoms with Gasteiger partial charge < -0.3 is 14.2 Å². The lowest BCUT2D eigenvalue weighted by Crippen LogP contribution is -2.27. The second-order valence-electron chi connectivity index (χ2n) is 6.25. The number of esters is 1. The summed E-state index contributed by atoms with van der Waals surface area (Å²) in [5.74, 6) is 0.608. The van der Waals surface area contributed by atoms with E-state index in [0.717, 1.165) is 38.5 Å². The van der Waals surface area contributed by atoms with Crippen molar-refractivity contribution >= 4 is 5.97 Å². The van der Waals surface area contributed by atoms with Crippen molar-refractivity contribution in [3.63, 3.8) is 0 Å². The Bertz CT molecular complexity index is 356. The van der Waals surface area contributed by atoms with E-state index in [1.807, 2.05) is 0 Å². The molecule has 0 aromatic heterocycles. The first-order valence-corrected chi connectivity index (χ1v) is 7.27. The molecule has 18 heavy (non-hydrogen) atoms. The van der Waals surface area contributed by atoms with Gasteiger partial charge in [-0.15, -0.1) is 0 Å². The maximum absolute atomic E-state index is 12.0. The average molecular weight is 252 g/mol. The Hall–Kier alpha value is -0.610. The van der Waals surface area contributed by atoms with Crippen LogP contribution in [0.15, 0.2) is 0 Å². The number of hydrogen-bond donors (Lipinski definition) is 0. The van der Waals surface area contributed by atoms with E-state index in [1.165, 1.54) is 0 Å². The molecule has 100 valence electrons. The highest BCUT2D eigenvalue weighted by Crippen LogP contribution is 2.41. The zero-order valence-corrected chi connectivity index (χ0v) is 10.5. The number of hydrogen-bond acceptors (Lipinski definition) is 4. The maximum Gasteiger partial charge on any atom is 0.309 e. The summed E-state index contributed by atoms with van der Waals surface area (Å²) >= 11 is 0. The van der Waals surface area contributed by atoms with Gasteiger partial charge in [-0.1, -0.05) is 0 Å². The van der Waals surface area contributed by atoms with Gasteiger partial charge in [0.15, 0.2) is 0 Å². The summed E-state index contributed by atoms with van der Waals surface area (Å²) in [7, 11) is 0. The molecule has 2 heterocycles. The molecule has 2 saturated heterocycles. The summed E-state index contributed by atoms with van der Waals surface area (Å²) in [6, 6.07) is 0. The Balaban J connectivity index is 1.23. The quantitative estimate of drug-likeness (QED) is 0.566. The molecule has 0 N–H and O–H groups in total. The van der Waals surface area contributed by atoms with Crippen LogP contribution in [0.3, 0.4) is 0 Å². The predicted molar refractivity (Wildman–Crippen MR) is 63.0 cm³/mol. The SMILES string of the molecule is O=C(OC[C@@H]1CCC2O[C@@H]2C1)[C@H]1CC[C@H]2OC2C1. The number of fused-ring (bicyclic) bond motifs is 2. The Morgan fingerprint density at radius 1 is 0.944 bits per heavy atom. The first-order valence-electron chi connectivity index (χ1n) is 7.27. The van der Waals surface area contributed by atoms with E-state index in [1.54, 1.807) is 0 Å². The van der Waals surface area contributed by atoms with Crippen molar-refractivity contribution < 1.29 is 19.0 Å². The van der Waals surface area contributed by atoms with Crippen LogP contribution in [0.25, 0.3) is 0 Å². The molecular weight excluding hydrogens is 232 g/mol. The summed E-state index contributed by atoms with van der Waals surface area (Å²) in [5, 5.41) is 0. The van der Waals surface area contributed by atoms with Crippen LogP contribution in [0.2, 0.25) is 0 Å². The fourth-order valence-corrected chi connectivity index (χ4v) is 3.57. The van der Waals surface area contributed by atoms with Crippen molar-refractivity contribution in [3.05, 3.63) is 0 Å². The van der Waals surface area contributed by atoms with Crippen LogP contribution < -0.4 is 0 Å². The van der Waals surface area contributed by atoms with E-state index in [4.69, 9.17) is 14.2 Å². The average Bonchev–Trinajstić information content (AvgIpc) is 3.26. The normalized spacial score (nSPS) is 48.9. The summed E-state index contributed by atoms with van der Waals surface area (Å²) < 4.78 is 16.4. The second kappa shape index (κ2) is 4.20. The van der Waals surface area contributed by atoms with E-state index < -0.39 is 0 Å². The van der Waals surface area contributed by atoms with Gasteiger partial charge in [0.1, 0.15) is 0 Å². The van der Waals surface area contributed by atoms with Gasteiger partial charge in [0.25, 0.3) is 0 Å². The Labute approximate surface area is 107 Å². The van der Waals surface area contributed by atoms with Crippen LogP contribution in [0.1, 0.15) is 38.5 Å². The second-order valence-corrected chi connectivity index (χ2v) is 6.25. The zero-order valence-electron chi connectivity index (χ0n) is 10.5. The third-order valence-corrected chi connectivity index (χ3v) is 4.91. The number of carbonyl (C=O) groups excluding carboxylic acids is 1. The first-order chi connectivity index (χ1) is 8.79. The lowest BCUT2D eigenvalue weighted by Gasteiger charge is -2.21. The van der Waals surface area contributed by atoms with Gasteiger partial charge in [-0.3, -0.25) is 4.79 Å². The number of ether oxygens (including phenoxy) is 3. The van der Waals surface area contributed by atoms with Crippen LogP contribution in [-0.4, -0.2) is 37.0 Å². The fourth-order valence-electron chi connectivity index (χ4n) is 3.57. The van der Waals surface area contributed by atoms with Crippen molar-refractivity contribution in [1.82, 2.24) is 0 Å². The standard InChI is InChI=1S/C14H20O4/c15-14(9-2-4-11-13(6-9)18-11)16-7-8-1-3-10-12(5-8)17-10/h8-13H,1-7H2/t8-,9+,10?,11-,12-,13?/m1/s1. The van der Waals surface area contributed by atoms with Crippen LogP contribution in [0.5, 0.6) is 0 Å². The molecule has 4 fully saturated rings. The Morgan fingerprint density at radius 3 is 2.39 bits per heavy atom. The summed E-state index contributed by atoms with van der Waals surface area (Å²) in [6.45, 7) is 0.594. The Morgan fingerprint density at radius 2 is 1.67 bits per heavy atom. The molecule has 4 rings (SSSR count). The summed E-state index contributed by atoms with van der Waals surface area (Å²) in [5.41, 5.74) is 0. The molecule has 0 aromatic carbocycles. The number of carbonyl (C=O) groups is 1. The minimum Gasteiger partial charge on any atom is -0.465 e.